The molecular weight excluding hydrogens is 314 g/mol. The number of hydrogen-bond donors (Lipinski definition) is 2. The molecule has 0 amide bonds. The first-order valence-corrected chi connectivity index (χ1v) is 8.89. The summed E-state index contributed by atoms with van der Waals surface area (Å²) in [6.07, 6.45) is 5.37. The highest BCUT2D eigenvalue weighted by molar-refractivity contribution is 6.32. The van der Waals surface area contributed by atoms with Crippen LogP contribution in [0.25, 0.3) is 0 Å². The first kappa shape index (κ1) is 18.4. The number of ether oxygens (including phenoxy) is 2. The fourth-order valence-corrected chi connectivity index (χ4v) is 3.32. The standard InChI is InChI=1S/C18H28ClNO3/c1-3-8-23-18-16(19)9-14(10-17(18)22-2)11-20-15-6-4-13(12-21)5-7-15/h9-10,13,15,20-21H,3-8,11-12H2,1-2H3. The zero-order valence-electron chi connectivity index (χ0n) is 14.1. The number of benzene rings is 1. The molecule has 0 atom stereocenters. The van der Waals surface area contributed by atoms with Gasteiger partial charge in [-0.15, -0.1) is 0 Å². The van der Waals surface area contributed by atoms with Gasteiger partial charge in [-0.3, -0.25) is 0 Å². The first-order chi connectivity index (χ1) is 11.2. The molecule has 0 unspecified atom stereocenters. The van der Waals surface area contributed by atoms with Crippen molar-refractivity contribution >= 4 is 11.6 Å². The topological polar surface area (TPSA) is 50.7 Å². The van der Waals surface area contributed by atoms with Crippen LogP contribution in [0.1, 0.15) is 44.6 Å². The summed E-state index contributed by atoms with van der Waals surface area (Å²) >= 11 is 6.35. The maximum atomic E-state index is 9.20. The van der Waals surface area contributed by atoms with E-state index in [1.165, 1.54) is 0 Å². The number of nitrogens with one attached hydrogen (secondary N) is 1. The molecule has 0 bridgehead atoms. The molecule has 0 heterocycles. The van der Waals surface area contributed by atoms with Crippen LogP contribution in [-0.2, 0) is 6.54 Å². The predicted molar refractivity (Wildman–Crippen MR) is 93.5 cm³/mol. The number of methoxy groups -OCH3 is 1. The lowest BCUT2D eigenvalue weighted by Crippen LogP contribution is -2.33. The molecule has 0 saturated heterocycles. The largest absolute Gasteiger partial charge is 0.493 e. The third kappa shape index (κ3) is 5.27. The number of hydrogen-bond acceptors (Lipinski definition) is 4. The van der Waals surface area contributed by atoms with Crippen LogP contribution in [0.5, 0.6) is 11.5 Å². The Kier molecular flexibility index (Phi) is 7.47. The van der Waals surface area contributed by atoms with Crippen LogP contribution in [0.15, 0.2) is 12.1 Å². The number of rotatable bonds is 8. The van der Waals surface area contributed by atoms with Gasteiger partial charge in [0, 0.05) is 19.2 Å². The summed E-state index contributed by atoms with van der Waals surface area (Å²) in [5, 5.41) is 13.4. The Bertz CT molecular complexity index is 487. The highest BCUT2D eigenvalue weighted by atomic mass is 35.5. The third-order valence-corrected chi connectivity index (χ3v) is 4.72. The van der Waals surface area contributed by atoms with E-state index in [1.54, 1.807) is 7.11 Å². The highest BCUT2D eigenvalue weighted by Crippen LogP contribution is 2.36. The van der Waals surface area contributed by atoms with E-state index in [0.717, 1.165) is 44.2 Å². The van der Waals surface area contributed by atoms with E-state index in [9.17, 15) is 5.11 Å². The van der Waals surface area contributed by atoms with Crippen LogP contribution in [0.4, 0.5) is 0 Å². The summed E-state index contributed by atoms with van der Waals surface area (Å²) < 4.78 is 11.1. The minimum absolute atomic E-state index is 0.318. The molecular formula is C18H28ClNO3. The lowest BCUT2D eigenvalue weighted by molar-refractivity contribution is 0.175. The van der Waals surface area contributed by atoms with Crippen molar-refractivity contribution in [3.05, 3.63) is 22.7 Å². The molecule has 1 aliphatic rings. The zero-order valence-corrected chi connectivity index (χ0v) is 14.9. The van der Waals surface area contributed by atoms with Gasteiger partial charge in [0.25, 0.3) is 0 Å². The van der Waals surface area contributed by atoms with E-state index in [0.29, 0.717) is 41.7 Å². The van der Waals surface area contributed by atoms with Crippen molar-refractivity contribution < 1.29 is 14.6 Å². The molecule has 1 fully saturated rings. The molecule has 23 heavy (non-hydrogen) atoms. The molecule has 5 heteroatoms. The average molecular weight is 342 g/mol. The third-order valence-electron chi connectivity index (χ3n) is 4.44. The second kappa shape index (κ2) is 9.36. The highest BCUT2D eigenvalue weighted by Gasteiger charge is 2.20. The maximum Gasteiger partial charge on any atom is 0.179 e. The lowest BCUT2D eigenvalue weighted by atomic mass is 9.86. The molecule has 2 N–H and O–H groups in total. The van der Waals surface area contributed by atoms with Gasteiger partial charge in [0.1, 0.15) is 0 Å². The summed E-state index contributed by atoms with van der Waals surface area (Å²) in [6, 6.07) is 4.45. The maximum absolute atomic E-state index is 9.20. The van der Waals surface area contributed by atoms with E-state index < -0.39 is 0 Å². The fraction of sp³-hybridized carbons (Fsp3) is 0.667. The van der Waals surface area contributed by atoms with Crippen molar-refractivity contribution in [2.75, 3.05) is 20.3 Å². The summed E-state index contributed by atoms with van der Waals surface area (Å²) in [5.74, 6) is 1.80. The molecule has 4 nitrogen and oxygen atoms in total. The Hall–Kier alpha value is -0.970. The lowest BCUT2D eigenvalue weighted by Gasteiger charge is -2.28. The molecule has 0 spiro atoms. The van der Waals surface area contributed by atoms with Gasteiger partial charge in [0.05, 0.1) is 18.7 Å². The fourth-order valence-electron chi connectivity index (χ4n) is 3.03. The number of halogens is 1. The van der Waals surface area contributed by atoms with Gasteiger partial charge in [-0.05, 0) is 55.7 Å². The quantitative estimate of drug-likeness (QED) is 0.755. The van der Waals surface area contributed by atoms with Crippen LogP contribution in [0, 0.1) is 5.92 Å². The van der Waals surface area contributed by atoms with Crippen LogP contribution >= 0.6 is 11.6 Å². The molecule has 1 aliphatic carbocycles. The summed E-state index contributed by atoms with van der Waals surface area (Å²) in [7, 11) is 1.64. The normalized spacial score (nSPS) is 21.2. The van der Waals surface area contributed by atoms with Gasteiger partial charge in [0.2, 0.25) is 0 Å². The smallest absolute Gasteiger partial charge is 0.179 e. The Morgan fingerprint density at radius 1 is 1.26 bits per heavy atom. The SMILES string of the molecule is CCCOc1c(Cl)cc(CNC2CCC(CO)CC2)cc1OC. The number of aliphatic hydroxyl groups is 1. The second-order valence-electron chi connectivity index (χ2n) is 6.24. The predicted octanol–water partition coefficient (Wildman–Crippen LogP) is 3.78. The van der Waals surface area contributed by atoms with E-state index >= 15 is 0 Å². The summed E-state index contributed by atoms with van der Waals surface area (Å²) in [5.41, 5.74) is 1.10. The van der Waals surface area contributed by atoms with E-state index in [2.05, 4.69) is 12.2 Å². The van der Waals surface area contributed by atoms with Crippen LogP contribution in [-0.4, -0.2) is 31.5 Å². The molecule has 0 aromatic heterocycles. The monoisotopic (exact) mass is 341 g/mol. The Morgan fingerprint density at radius 3 is 2.61 bits per heavy atom. The Labute approximate surface area is 144 Å². The van der Waals surface area contributed by atoms with Gasteiger partial charge in [0.15, 0.2) is 11.5 Å². The molecule has 2 rings (SSSR count). The van der Waals surface area contributed by atoms with Gasteiger partial charge < -0.3 is 19.9 Å². The first-order valence-electron chi connectivity index (χ1n) is 8.51. The van der Waals surface area contributed by atoms with Crippen LogP contribution in [0.2, 0.25) is 5.02 Å². The Morgan fingerprint density at radius 2 is 2.00 bits per heavy atom. The Balaban J connectivity index is 1.94. The van der Waals surface area contributed by atoms with Gasteiger partial charge in [-0.2, -0.15) is 0 Å². The van der Waals surface area contributed by atoms with Crippen LogP contribution in [0.3, 0.4) is 0 Å². The minimum Gasteiger partial charge on any atom is -0.493 e. The van der Waals surface area contributed by atoms with Gasteiger partial charge in [-0.1, -0.05) is 18.5 Å². The average Bonchev–Trinajstić information content (AvgIpc) is 2.59. The zero-order chi connectivity index (χ0) is 16.7. The molecule has 1 saturated carbocycles. The molecule has 130 valence electrons. The molecule has 1 aromatic carbocycles. The van der Waals surface area contributed by atoms with Crippen molar-refractivity contribution in [2.45, 2.75) is 51.6 Å². The van der Waals surface area contributed by atoms with Crippen molar-refractivity contribution in [2.24, 2.45) is 5.92 Å². The van der Waals surface area contributed by atoms with Crippen molar-refractivity contribution in [3.63, 3.8) is 0 Å². The van der Waals surface area contributed by atoms with Gasteiger partial charge >= 0.3 is 0 Å². The molecule has 0 aliphatic heterocycles. The van der Waals surface area contributed by atoms with Crippen LogP contribution < -0.4 is 14.8 Å². The summed E-state index contributed by atoms with van der Waals surface area (Å²) in [4.78, 5) is 0. The minimum atomic E-state index is 0.318. The molecule has 1 aromatic rings. The van der Waals surface area contributed by atoms with E-state index in [4.69, 9.17) is 21.1 Å². The van der Waals surface area contributed by atoms with Crippen molar-refractivity contribution in [3.8, 4) is 11.5 Å². The van der Waals surface area contributed by atoms with Crippen molar-refractivity contribution in [1.29, 1.82) is 0 Å². The van der Waals surface area contributed by atoms with E-state index in [-0.39, 0.29) is 0 Å². The van der Waals surface area contributed by atoms with Crippen molar-refractivity contribution in [1.82, 2.24) is 5.32 Å². The van der Waals surface area contributed by atoms with E-state index in [1.807, 2.05) is 12.1 Å². The molecule has 0 radical (unpaired) electrons. The second-order valence-corrected chi connectivity index (χ2v) is 6.65. The van der Waals surface area contributed by atoms with Gasteiger partial charge in [-0.25, -0.2) is 0 Å². The number of aliphatic hydroxyl groups excluding tert-OH is 1. The summed E-state index contributed by atoms with van der Waals surface area (Å²) in [6.45, 7) is 3.77.